The molecule has 0 spiro atoms. The number of carbonyl (C=O) groups excluding carboxylic acids is 1. The summed E-state index contributed by atoms with van der Waals surface area (Å²) in [6.45, 7) is 9.36. The molecular formula is C25H35N3O2. The molecule has 5 heteroatoms. The standard InChI is InChI=1S/C25H35N3O2/c1-18-13-19(2)23(20(3)14-18)16-27-11-10-26-24(27)17-28(15-22-9-6-12-30-22)25(29)21-7-4-5-8-21/h10-11,13-14,21-22H,4-9,12,15-17H2,1-3H3. The molecule has 0 bridgehead atoms. The lowest BCUT2D eigenvalue weighted by atomic mass is 10.00. The highest BCUT2D eigenvalue weighted by molar-refractivity contribution is 5.79. The fraction of sp³-hybridized carbons (Fsp3) is 0.600. The largest absolute Gasteiger partial charge is 0.376 e. The van der Waals surface area contributed by atoms with Gasteiger partial charge in [-0.3, -0.25) is 4.79 Å². The SMILES string of the molecule is Cc1cc(C)c(Cn2ccnc2CN(CC2CCCO2)C(=O)C2CCCC2)c(C)c1. The third-order valence-electron chi connectivity index (χ3n) is 6.77. The molecule has 1 unspecified atom stereocenters. The maximum absolute atomic E-state index is 13.3. The Hall–Kier alpha value is -2.14. The molecule has 5 nitrogen and oxygen atoms in total. The van der Waals surface area contributed by atoms with E-state index in [1.54, 1.807) is 0 Å². The Morgan fingerprint density at radius 3 is 2.53 bits per heavy atom. The number of imidazole rings is 1. The number of rotatable bonds is 7. The normalized spacial score (nSPS) is 19.5. The minimum absolute atomic E-state index is 0.167. The number of nitrogens with zero attached hydrogens (tertiary/aromatic N) is 3. The molecule has 2 heterocycles. The van der Waals surface area contributed by atoms with Crippen molar-refractivity contribution in [2.45, 2.75) is 78.5 Å². The number of benzene rings is 1. The molecule has 2 aliphatic rings. The fourth-order valence-electron chi connectivity index (χ4n) is 5.13. The van der Waals surface area contributed by atoms with Crippen LogP contribution in [0.4, 0.5) is 0 Å². The molecule has 30 heavy (non-hydrogen) atoms. The van der Waals surface area contributed by atoms with Crippen molar-refractivity contribution in [2.24, 2.45) is 5.92 Å². The Morgan fingerprint density at radius 1 is 1.13 bits per heavy atom. The molecule has 162 valence electrons. The Bertz CT molecular complexity index is 853. The highest BCUT2D eigenvalue weighted by Crippen LogP contribution is 2.28. The maximum Gasteiger partial charge on any atom is 0.226 e. The van der Waals surface area contributed by atoms with E-state index in [0.717, 1.165) is 44.7 Å². The fourth-order valence-corrected chi connectivity index (χ4v) is 5.13. The number of carbonyl (C=O) groups is 1. The molecule has 1 aliphatic heterocycles. The Morgan fingerprint density at radius 2 is 1.87 bits per heavy atom. The molecule has 1 atom stereocenters. The van der Waals surface area contributed by atoms with Crippen LogP contribution < -0.4 is 0 Å². The first kappa shape index (κ1) is 21.1. The molecular weight excluding hydrogens is 374 g/mol. The molecule has 1 aromatic carbocycles. The average Bonchev–Trinajstić information content (AvgIpc) is 3.46. The van der Waals surface area contributed by atoms with E-state index in [1.165, 1.54) is 35.1 Å². The molecule has 2 fully saturated rings. The number of hydrogen-bond donors (Lipinski definition) is 0. The summed E-state index contributed by atoms with van der Waals surface area (Å²) in [5.41, 5.74) is 5.26. The molecule has 1 saturated carbocycles. The van der Waals surface area contributed by atoms with Crippen LogP contribution >= 0.6 is 0 Å². The summed E-state index contributed by atoms with van der Waals surface area (Å²) < 4.78 is 8.07. The van der Waals surface area contributed by atoms with Gasteiger partial charge in [0.25, 0.3) is 0 Å². The van der Waals surface area contributed by atoms with E-state index in [9.17, 15) is 4.79 Å². The lowest BCUT2D eigenvalue weighted by Gasteiger charge is -2.28. The van der Waals surface area contributed by atoms with E-state index in [1.807, 2.05) is 17.3 Å². The zero-order valence-corrected chi connectivity index (χ0v) is 18.7. The molecule has 1 aliphatic carbocycles. The maximum atomic E-state index is 13.3. The van der Waals surface area contributed by atoms with Crippen molar-refractivity contribution in [3.63, 3.8) is 0 Å². The molecule has 1 amide bonds. The zero-order valence-electron chi connectivity index (χ0n) is 18.7. The second kappa shape index (κ2) is 9.34. The van der Waals surface area contributed by atoms with Gasteiger partial charge in [-0.05, 0) is 63.1 Å². The summed E-state index contributed by atoms with van der Waals surface area (Å²) in [6.07, 6.45) is 10.6. The van der Waals surface area contributed by atoms with E-state index >= 15 is 0 Å². The van der Waals surface area contributed by atoms with Crippen molar-refractivity contribution in [3.8, 4) is 0 Å². The van der Waals surface area contributed by atoms with Gasteiger partial charge in [-0.15, -0.1) is 0 Å². The first-order chi connectivity index (χ1) is 14.5. The van der Waals surface area contributed by atoms with Crippen LogP contribution in [0.3, 0.4) is 0 Å². The van der Waals surface area contributed by atoms with Crippen molar-refractivity contribution in [2.75, 3.05) is 13.2 Å². The van der Waals surface area contributed by atoms with Crippen molar-refractivity contribution < 1.29 is 9.53 Å². The molecule has 1 aromatic heterocycles. The Kier molecular flexibility index (Phi) is 6.57. The smallest absolute Gasteiger partial charge is 0.226 e. The quantitative estimate of drug-likeness (QED) is 0.674. The van der Waals surface area contributed by atoms with E-state index in [2.05, 4.69) is 42.5 Å². The van der Waals surface area contributed by atoms with Crippen LogP contribution in [0.1, 0.15) is 66.6 Å². The van der Waals surface area contributed by atoms with Crippen LogP contribution in [0.15, 0.2) is 24.5 Å². The van der Waals surface area contributed by atoms with E-state index in [4.69, 9.17) is 4.74 Å². The van der Waals surface area contributed by atoms with Crippen LogP contribution in [0.25, 0.3) is 0 Å². The van der Waals surface area contributed by atoms with Gasteiger partial charge >= 0.3 is 0 Å². The second-order valence-corrected chi connectivity index (χ2v) is 9.18. The van der Waals surface area contributed by atoms with Crippen molar-refractivity contribution >= 4 is 5.91 Å². The van der Waals surface area contributed by atoms with Gasteiger partial charge in [0.15, 0.2) is 0 Å². The summed E-state index contributed by atoms with van der Waals surface area (Å²) in [5.74, 6) is 1.43. The lowest BCUT2D eigenvalue weighted by molar-refractivity contribution is -0.137. The van der Waals surface area contributed by atoms with Crippen molar-refractivity contribution in [1.82, 2.24) is 14.5 Å². The molecule has 2 aromatic rings. The minimum atomic E-state index is 0.167. The second-order valence-electron chi connectivity index (χ2n) is 9.18. The van der Waals surface area contributed by atoms with Gasteiger partial charge in [0, 0.05) is 38.0 Å². The summed E-state index contributed by atoms with van der Waals surface area (Å²) in [4.78, 5) is 20.0. The Balaban J connectivity index is 1.53. The number of aromatic nitrogens is 2. The van der Waals surface area contributed by atoms with Crippen LogP contribution in [-0.2, 0) is 22.6 Å². The van der Waals surface area contributed by atoms with Crippen molar-refractivity contribution in [1.29, 1.82) is 0 Å². The van der Waals surface area contributed by atoms with Gasteiger partial charge in [-0.2, -0.15) is 0 Å². The van der Waals surface area contributed by atoms with E-state index in [0.29, 0.717) is 19.0 Å². The van der Waals surface area contributed by atoms with Crippen LogP contribution in [-0.4, -0.2) is 39.6 Å². The molecule has 0 N–H and O–H groups in total. The van der Waals surface area contributed by atoms with Crippen molar-refractivity contribution in [3.05, 3.63) is 52.6 Å². The minimum Gasteiger partial charge on any atom is -0.376 e. The molecule has 4 rings (SSSR count). The number of hydrogen-bond acceptors (Lipinski definition) is 3. The third-order valence-corrected chi connectivity index (χ3v) is 6.77. The Labute approximate surface area is 180 Å². The first-order valence-corrected chi connectivity index (χ1v) is 11.5. The van der Waals surface area contributed by atoms with Gasteiger partial charge in [0.05, 0.1) is 12.6 Å². The monoisotopic (exact) mass is 409 g/mol. The predicted molar refractivity (Wildman–Crippen MR) is 118 cm³/mol. The van der Waals surface area contributed by atoms with E-state index in [-0.39, 0.29) is 12.0 Å². The van der Waals surface area contributed by atoms with Gasteiger partial charge in [0.1, 0.15) is 5.82 Å². The number of ether oxygens (including phenoxy) is 1. The van der Waals surface area contributed by atoms with Gasteiger partial charge in [0.2, 0.25) is 5.91 Å². The van der Waals surface area contributed by atoms with Gasteiger partial charge in [-0.1, -0.05) is 30.5 Å². The van der Waals surface area contributed by atoms with E-state index < -0.39 is 0 Å². The predicted octanol–water partition coefficient (Wildman–Crippen LogP) is 4.55. The van der Waals surface area contributed by atoms with Gasteiger partial charge in [-0.25, -0.2) is 4.98 Å². The summed E-state index contributed by atoms with van der Waals surface area (Å²) >= 11 is 0. The first-order valence-electron chi connectivity index (χ1n) is 11.5. The summed E-state index contributed by atoms with van der Waals surface area (Å²) in [5, 5.41) is 0. The summed E-state index contributed by atoms with van der Waals surface area (Å²) in [6, 6.07) is 4.48. The summed E-state index contributed by atoms with van der Waals surface area (Å²) in [7, 11) is 0. The lowest BCUT2D eigenvalue weighted by Crippen LogP contribution is -2.40. The highest BCUT2D eigenvalue weighted by Gasteiger charge is 2.30. The topological polar surface area (TPSA) is 47.4 Å². The number of aryl methyl sites for hydroxylation is 3. The third kappa shape index (κ3) is 4.77. The van der Waals surface area contributed by atoms with Crippen LogP contribution in [0.2, 0.25) is 0 Å². The zero-order chi connectivity index (χ0) is 21.1. The molecule has 1 saturated heterocycles. The average molecular weight is 410 g/mol. The highest BCUT2D eigenvalue weighted by atomic mass is 16.5. The van der Waals surface area contributed by atoms with Crippen LogP contribution in [0, 0.1) is 26.7 Å². The van der Waals surface area contributed by atoms with Crippen LogP contribution in [0.5, 0.6) is 0 Å². The number of amides is 1. The van der Waals surface area contributed by atoms with Gasteiger partial charge < -0.3 is 14.2 Å². The molecule has 0 radical (unpaired) electrons.